The summed E-state index contributed by atoms with van der Waals surface area (Å²) in [5.74, 6) is 1.37. The fourth-order valence-electron chi connectivity index (χ4n) is 3.14. The molecule has 0 spiro atoms. The third kappa shape index (κ3) is 6.33. The number of thioether (sulfide) groups is 1. The van der Waals surface area contributed by atoms with E-state index in [0.717, 1.165) is 10.7 Å². The quantitative estimate of drug-likeness (QED) is 0.311. The Hall–Kier alpha value is -1.44. The van der Waals surface area contributed by atoms with Gasteiger partial charge in [0.2, 0.25) is 0 Å². The molecular formula is C22H22Cl4N4OS. The second kappa shape index (κ2) is 11.1. The van der Waals surface area contributed by atoms with Crippen LogP contribution in [0, 0.1) is 5.92 Å². The fourth-order valence-corrected chi connectivity index (χ4v) is 4.82. The van der Waals surface area contributed by atoms with Gasteiger partial charge in [-0.15, -0.1) is 10.2 Å². The zero-order valence-electron chi connectivity index (χ0n) is 17.7. The molecule has 1 heterocycles. The summed E-state index contributed by atoms with van der Waals surface area (Å²) in [6.45, 7) is 4.18. The third-order valence-electron chi connectivity index (χ3n) is 4.72. The molecule has 3 aromatic rings. The summed E-state index contributed by atoms with van der Waals surface area (Å²) in [6, 6.07) is 10.0. The molecule has 0 aliphatic heterocycles. The first kappa shape index (κ1) is 25.2. The van der Waals surface area contributed by atoms with Gasteiger partial charge in [0.1, 0.15) is 0 Å². The maximum Gasteiger partial charge on any atom is 0.253 e. The Bertz CT molecular complexity index is 1120. The van der Waals surface area contributed by atoms with Gasteiger partial charge < -0.3 is 9.88 Å². The maximum atomic E-state index is 12.9. The summed E-state index contributed by atoms with van der Waals surface area (Å²) in [6.07, 6.45) is 0.695. The van der Waals surface area contributed by atoms with E-state index in [1.165, 1.54) is 11.8 Å². The summed E-state index contributed by atoms with van der Waals surface area (Å²) in [5.41, 5.74) is 1.39. The molecule has 3 rings (SSSR count). The van der Waals surface area contributed by atoms with Crippen LogP contribution in [0.25, 0.3) is 0 Å². The Morgan fingerprint density at radius 2 is 1.78 bits per heavy atom. The minimum atomic E-state index is -0.328. The highest BCUT2D eigenvalue weighted by Crippen LogP contribution is 2.29. The van der Waals surface area contributed by atoms with E-state index in [1.54, 1.807) is 24.3 Å². The number of nitrogens with zero attached hydrogens (tertiary/aromatic N) is 3. The molecule has 0 aliphatic rings. The van der Waals surface area contributed by atoms with Gasteiger partial charge in [-0.25, -0.2) is 0 Å². The molecule has 0 fully saturated rings. The van der Waals surface area contributed by atoms with Crippen molar-refractivity contribution in [3.63, 3.8) is 0 Å². The van der Waals surface area contributed by atoms with Gasteiger partial charge in [-0.3, -0.25) is 4.79 Å². The summed E-state index contributed by atoms with van der Waals surface area (Å²) >= 11 is 25.8. The van der Waals surface area contributed by atoms with Crippen LogP contribution in [0.1, 0.15) is 48.1 Å². The highest BCUT2D eigenvalue weighted by atomic mass is 35.5. The van der Waals surface area contributed by atoms with Crippen LogP contribution < -0.4 is 5.32 Å². The molecule has 0 bridgehead atoms. The van der Waals surface area contributed by atoms with Crippen molar-refractivity contribution in [1.82, 2.24) is 20.1 Å². The van der Waals surface area contributed by atoms with E-state index < -0.39 is 0 Å². The molecule has 0 radical (unpaired) electrons. The first-order valence-electron chi connectivity index (χ1n) is 9.87. The van der Waals surface area contributed by atoms with Crippen LogP contribution in [0.2, 0.25) is 20.1 Å². The van der Waals surface area contributed by atoms with Gasteiger partial charge in [0.25, 0.3) is 5.91 Å². The van der Waals surface area contributed by atoms with E-state index in [2.05, 4.69) is 29.4 Å². The molecule has 0 saturated heterocycles. The van der Waals surface area contributed by atoms with Gasteiger partial charge in [0, 0.05) is 17.8 Å². The number of nitrogens with one attached hydrogen (secondary N) is 1. The molecule has 1 amide bonds. The highest BCUT2D eigenvalue weighted by molar-refractivity contribution is 7.98. The van der Waals surface area contributed by atoms with Gasteiger partial charge in [0.05, 0.1) is 26.7 Å². The zero-order chi connectivity index (χ0) is 23.4. The molecule has 1 N–H and O–H groups in total. The van der Waals surface area contributed by atoms with Crippen molar-refractivity contribution in [2.45, 2.75) is 37.2 Å². The molecule has 0 unspecified atom stereocenters. The van der Waals surface area contributed by atoms with Crippen molar-refractivity contribution < 1.29 is 4.79 Å². The van der Waals surface area contributed by atoms with E-state index in [-0.39, 0.29) is 11.9 Å². The Kier molecular flexibility index (Phi) is 8.75. The molecule has 1 aromatic heterocycles. The molecule has 170 valence electrons. The predicted octanol–water partition coefficient (Wildman–Crippen LogP) is 7.24. The van der Waals surface area contributed by atoms with Gasteiger partial charge in [-0.05, 0) is 48.2 Å². The summed E-state index contributed by atoms with van der Waals surface area (Å²) in [7, 11) is 1.89. The molecule has 0 aliphatic carbocycles. The number of carbonyl (C=O) groups excluding carboxylic acids is 1. The summed E-state index contributed by atoms with van der Waals surface area (Å²) in [4.78, 5) is 12.9. The fraction of sp³-hybridized carbons (Fsp3) is 0.318. The number of hydrogen-bond acceptors (Lipinski definition) is 4. The first-order valence-corrected chi connectivity index (χ1v) is 12.4. The lowest BCUT2D eigenvalue weighted by Crippen LogP contribution is -2.31. The SMILES string of the molecule is CC(C)C[C@@H](NC(=O)c1ccc(Cl)cc1Cl)c1nnc(SCc2ccc(Cl)c(Cl)c2)n1C. The minimum Gasteiger partial charge on any atom is -0.342 e. The Morgan fingerprint density at radius 3 is 2.44 bits per heavy atom. The second-order valence-corrected chi connectivity index (χ2v) is 10.3. The molecular weight excluding hydrogens is 510 g/mol. The number of halogens is 4. The zero-order valence-corrected chi connectivity index (χ0v) is 21.5. The third-order valence-corrected chi connectivity index (χ3v) is 7.10. The number of hydrogen-bond donors (Lipinski definition) is 1. The first-order chi connectivity index (χ1) is 15.2. The Labute approximate surface area is 211 Å². The van der Waals surface area contributed by atoms with Crippen LogP contribution in [0.4, 0.5) is 0 Å². The Morgan fingerprint density at radius 1 is 1.03 bits per heavy atom. The lowest BCUT2D eigenvalue weighted by atomic mass is 10.0. The molecule has 1 atom stereocenters. The normalized spacial score (nSPS) is 12.2. The van der Waals surface area contributed by atoms with Crippen molar-refractivity contribution >= 4 is 64.1 Å². The van der Waals surface area contributed by atoms with Crippen molar-refractivity contribution in [2.24, 2.45) is 13.0 Å². The van der Waals surface area contributed by atoms with Crippen LogP contribution >= 0.6 is 58.2 Å². The van der Waals surface area contributed by atoms with E-state index in [0.29, 0.717) is 49.6 Å². The smallest absolute Gasteiger partial charge is 0.253 e. The standard InChI is InChI=1S/C22H22Cl4N4OS/c1-12(2)8-19(27-21(31)15-6-5-14(23)10-17(15)25)20-28-29-22(30(20)3)32-11-13-4-7-16(24)18(26)9-13/h4-7,9-10,12,19H,8,11H2,1-3H3,(H,27,31)/t19-/m1/s1. The number of benzene rings is 2. The molecule has 2 aromatic carbocycles. The van der Waals surface area contributed by atoms with E-state index in [1.807, 2.05) is 23.7 Å². The van der Waals surface area contributed by atoms with E-state index >= 15 is 0 Å². The monoisotopic (exact) mass is 530 g/mol. The average molecular weight is 532 g/mol. The lowest BCUT2D eigenvalue weighted by Gasteiger charge is -2.20. The van der Waals surface area contributed by atoms with E-state index in [4.69, 9.17) is 46.4 Å². The average Bonchev–Trinajstić information content (AvgIpc) is 3.08. The van der Waals surface area contributed by atoms with Crippen LogP contribution in [0.15, 0.2) is 41.6 Å². The number of rotatable bonds is 8. The number of carbonyl (C=O) groups is 1. The van der Waals surface area contributed by atoms with Crippen LogP contribution in [0.3, 0.4) is 0 Å². The van der Waals surface area contributed by atoms with Crippen molar-refractivity contribution in [1.29, 1.82) is 0 Å². The summed E-state index contributed by atoms with van der Waals surface area (Å²) < 4.78 is 1.90. The minimum absolute atomic E-state index is 0.287. The molecule has 5 nitrogen and oxygen atoms in total. The number of amides is 1. The van der Waals surface area contributed by atoms with Gasteiger partial charge in [-0.1, -0.05) is 78.1 Å². The van der Waals surface area contributed by atoms with Gasteiger partial charge in [-0.2, -0.15) is 0 Å². The molecule has 32 heavy (non-hydrogen) atoms. The second-order valence-electron chi connectivity index (χ2n) is 7.72. The number of aromatic nitrogens is 3. The van der Waals surface area contributed by atoms with Crippen molar-refractivity contribution in [3.05, 3.63) is 73.4 Å². The Balaban J connectivity index is 1.78. The maximum absolute atomic E-state index is 12.9. The van der Waals surface area contributed by atoms with Crippen LogP contribution in [0.5, 0.6) is 0 Å². The molecule has 0 saturated carbocycles. The van der Waals surface area contributed by atoms with Gasteiger partial charge >= 0.3 is 0 Å². The predicted molar refractivity (Wildman–Crippen MR) is 133 cm³/mol. The van der Waals surface area contributed by atoms with Crippen LogP contribution in [-0.2, 0) is 12.8 Å². The summed E-state index contributed by atoms with van der Waals surface area (Å²) in [5, 5.41) is 14.3. The van der Waals surface area contributed by atoms with Crippen molar-refractivity contribution in [3.8, 4) is 0 Å². The highest BCUT2D eigenvalue weighted by Gasteiger charge is 2.24. The largest absolute Gasteiger partial charge is 0.342 e. The molecule has 10 heteroatoms. The van der Waals surface area contributed by atoms with Gasteiger partial charge in [0.15, 0.2) is 11.0 Å². The topological polar surface area (TPSA) is 59.8 Å². The van der Waals surface area contributed by atoms with Crippen LogP contribution in [-0.4, -0.2) is 20.7 Å². The van der Waals surface area contributed by atoms with E-state index in [9.17, 15) is 4.79 Å². The van der Waals surface area contributed by atoms with Crippen molar-refractivity contribution in [2.75, 3.05) is 0 Å². The lowest BCUT2D eigenvalue weighted by molar-refractivity contribution is 0.0929.